The average molecular weight is 251 g/mol. The van der Waals surface area contributed by atoms with Gasteiger partial charge in [-0.25, -0.2) is 14.3 Å². The number of carbonyl (C=O) groups is 1. The SMILES string of the molecule is CCOC(Cn1nc2ccccn2c1=O)C(=O)O. The van der Waals surface area contributed by atoms with Crippen LogP contribution in [0.4, 0.5) is 0 Å². The van der Waals surface area contributed by atoms with E-state index in [9.17, 15) is 9.59 Å². The van der Waals surface area contributed by atoms with Crippen LogP contribution in [0.15, 0.2) is 29.2 Å². The van der Waals surface area contributed by atoms with Gasteiger partial charge in [0.15, 0.2) is 11.8 Å². The van der Waals surface area contributed by atoms with Crippen LogP contribution in [0.2, 0.25) is 0 Å². The highest BCUT2D eigenvalue weighted by Crippen LogP contribution is 1.99. The summed E-state index contributed by atoms with van der Waals surface area (Å²) in [6.07, 6.45) is 0.509. The van der Waals surface area contributed by atoms with Gasteiger partial charge >= 0.3 is 11.7 Å². The van der Waals surface area contributed by atoms with Gasteiger partial charge in [0.2, 0.25) is 0 Å². The number of hydrogen-bond acceptors (Lipinski definition) is 4. The number of nitrogens with zero attached hydrogens (tertiary/aromatic N) is 3. The molecular weight excluding hydrogens is 238 g/mol. The maximum Gasteiger partial charge on any atom is 0.350 e. The zero-order chi connectivity index (χ0) is 13.1. The summed E-state index contributed by atoms with van der Waals surface area (Å²) >= 11 is 0. The molecule has 0 amide bonds. The molecule has 96 valence electrons. The molecule has 0 aliphatic rings. The summed E-state index contributed by atoms with van der Waals surface area (Å²) in [5.41, 5.74) is 0.0969. The third kappa shape index (κ3) is 2.25. The van der Waals surface area contributed by atoms with E-state index in [1.165, 1.54) is 4.40 Å². The van der Waals surface area contributed by atoms with Crippen LogP contribution in [0.3, 0.4) is 0 Å². The first-order chi connectivity index (χ1) is 8.63. The lowest BCUT2D eigenvalue weighted by Gasteiger charge is -2.10. The first kappa shape index (κ1) is 12.3. The van der Waals surface area contributed by atoms with Crippen LogP contribution >= 0.6 is 0 Å². The summed E-state index contributed by atoms with van der Waals surface area (Å²) < 4.78 is 7.50. The number of carboxylic acid groups (broad SMARTS) is 1. The number of carboxylic acids is 1. The van der Waals surface area contributed by atoms with E-state index in [-0.39, 0.29) is 18.8 Å². The minimum atomic E-state index is -1.11. The van der Waals surface area contributed by atoms with Gasteiger partial charge in [-0.15, -0.1) is 5.10 Å². The number of pyridine rings is 1. The molecular formula is C11H13N3O4. The van der Waals surface area contributed by atoms with E-state index < -0.39 is 12.1 Å². The fraction of sp³-hybridized carbons (Fsp3) is 0.364. The van der Waals surface area contributed by atoms with Crippen LogP contribution in [0.1, 0.15) is 6.92 Å². The Kier molecular flexibility index (Phi) is 3.42. The Hall–Kier alpha value is -2.15. The molecule has 7 nitrogen and oxygen atoms in total. The van der Waals surface area contributed by atoms with Crippen molar-refractivity contribution in [2.45, 2.75) is 19.6 Å². The van der Waals surface area contributed by atoms with Crippen LogP contribution < -0.4 is 5.69 Å². The number of aromatic nitrogens is 3. The smallest absolute Gasteiger partial charge is 0.350 e. The minimum Gasteiger partial charge on any atom is -0.479 e. The van der Waals surface area contributed by atoms with Gasteiger partial charge in [-0.3, -0.25) is 4.40 Å². The number of fused-ring (bicyclic) bond motifs is 1. The van der Waals surface area contributed by atoms with Gasteiger partial charge in [-0.1, -0.05) is 6.07 Å². The maximum absolute atomic E-state index is 11.9. The van der Waals surface area contributed by atoms with Gasteiger partial charge in [-0.05, 0) is 19.1 Å². The second kappa shape index (κ2) is 5.01. The van der Waals surface area contributed by atoms with Crippen molar-refractivity contribution in [2.24, 2.45) is 0 Å². The van der Waals surface area contributed by atoms with Crippen molar-refractivity contribution in [3.8, 4) is 0 Å². The van der Waals surface area contributed by atoms with E-state index in [1.807, 2.05) is 0 Å². The molecule has 2 rings (SSSR count). The highest BCUT2D eigenvalue weighted by atomic mass is 16.5. The summed E-state index contributed by atoms with van der Waals surface area (Å²) in [5.74, 6) is -1.11. The molecule has 0 radical (unpaired) electrons. The third-order valence-electron chi connectivity index (χ3n) is 2.47. The van der Waals surface area contributed by atoms with Crippen molar-refractivity contribution in [3.63, 3.8) is 0 Å². The highest BCUT2D eigenvalue weighted by molar-refractivity contribution is 5.72. The molecule has 0 aliphatic carbocycles. The van der Waals surface area contributed by atoms with Gasteiger partial charge in [0.1, 0.15) is 0 Å². The molecule has 0 saturated heterocycles. The van der Waals surface area contributed by atoms with E-state index in [4.69, 9.17) is 9.84 Å². The van der Waals surface area contributed by atoms with E-state index in [1.54, 1.807) is 31.3 Å². The number of ether oxygens (including phenoxy) is 1. The summed E-state index contributed by atoms with van der Waals surface area (Å²) in [6, 6.07) is 5.13. The lowest BCUT2D eigenvalue weighted by molar-refractivity contribution is -0.151. The Morgan fingerprint density at radius 2 is 2.33 bits per heavy atom. The Balaban J connectivity index is 2.33. The molecule has 1 N–H and O–H groups in total. The van der Waals surface area contributed by atoms with Gasteiger partial charge in [0, 0.05) is 12.8 Å². The molecule has 0 aliphatic heterocycles. The van der Waals surface area contributed by atoms with Gasteiger partial charge in [-0.2, -0.15) is 0 Å². The van der Waals surface area contributed by atoms with Crippen LogP contribution in [0.25, 0.3) is 5.65 Å². The van der Waals surface area contributed by atoms with Gasteiger partial charge in [0.05, 0.1) is 6.54 Å². The molecule has 0 bridgehead atoms. The molecule has 2 aromatic heterocycles. The van der Waals surface area contributed by atoms with Crippen molar-refractivity contribution in [3.05, 3.63) is 34.9 Å². The van der Waals surface area contributed by atoms with Crippen molar-refractivity contribution < 1.29 is 14.6 Å². The van der Waals surface area contributed by atoms with Crippen LogP contribution in [-0.4, -0.2) is 38.0 Å². The Morgan fingerprint density at radius 3 is 2.94 bits per heavy atom. The topological polar surface area (TPSA) is 85.8 Å². The minimum absolute atomic E-state index is 0.107. The quantitative estimate of drug-likeness (QED) is 0.807. The number of rotatable bonds is 5. The lowest BCUT2D eigenvalue weighted by Crippen LogP contribution is -2.34. The average Bonchev–Trinajstić information content (AvgIpc) is 2.66. The molecule has 0 fully saturated rings. The van der Waals surface area contributed by atoms with E-state index in [0.717, 1.165) is 4.68 Å². The lowest BCUT2D eigenvalue weighted by atomic mass is 10.3. The molecule has 7 heteroatoms. The summed E-state index contributed by atoms with van der Waals surface area (Å²) in [7, 11) is 0. The van der Waals surface area contributed by atoms with Crippen LogP contribution in [0, 0.1) is 0 Å². The van der Waals surface area contributed by atoms with Crippen LogP contribution in [-0.2, 0) is 16.1 Å². The highest BCUT2D eigenvalue weighted by Gasteiger charge is 2.20. The second-order valence-electron chi connectivity index (χ2n) is 3.68. The Morgan fingerprint density at radius 1 is 1.56 bits per heavy atom. The third-order valence-corrected chi connectivity index (χ3v) is 2.47. The first-order valence-corrected chi connectivity index (χ1v) is 5.52. The number of hydrogen-bond donors (Lipinski definition) is 1. The number of aliphatic carboxylic acids is 1. The zero-order valence-electron chi connectivity index (χ0n) is 9.81. The predicted molar refractivity (Wildman–Crippen MR) is 62.5 cm³/mol. The molecule has 0 spiro atoms. The molecule has 0 aromatic carbocycles. The molecule has 18 heavy (non-hydrogen) atoms. The van der Waals surface area contributed by atoms with Crippen LogP contribution in [0.5, 0.6) is 0 Å². The zero-order valence-corrected chi connectivity index (χ0v) is 9.81. The van der Waals surface area contributed by atoms with Gasteiger partial charge in [0.25, 0.3) is 0 Å². The monoisotopic (exact) mass is 251 g/mol. The van der Waals surface area contributed by atoms with E-state index >= 15 is 0 Å². The van der Waals surface area contributed by atoms with Crippen molar-refractivity contribution >= 4 is 11.6 Å². The van der Waals surface area contributed by atoms with Gasteiger partial charge < -0.3 is 9.84 Å². The molecule has 1 unspecified atom stereocenters. The van der Waals surface area contributed by atoms with Crippen molar-refractivity contribution in [1.82, 2.24) is 14.2 Å². The summed E-state index contributed by atoms with van der Waals surface area (Å²) in [6.45, 7) is 1.85. The largest absolute Gasteiger partial charge is 0.479 e. The Labute approximate surface area is 102 Å². The van der Waals surface area contributed by atoms with E-state index in [2.05, 4.69) is 5.10 Å². The molecule has 2 aromatic rings. The predicted octanol–water partition coefficient (Wildman–Crippen LogP) is -0.0143. The first-order valence-electron chi connectivity index (χ1n) is 5.52. The maximum atomic E-state index is 11.9. The summed E-state index contributed by atoms with van der Waals surface area (Å²) in [4.78, 5) is 22.9. The fourth-order valence-electron chi connectivity index (χ4n) is 1.65. The fourth-order valence-corrected chi connectivity index (χ4v) is 1.65. The molecule has 0 saturated carbocycles. The molecule has 2 heterocycles. The normalized spacial score (nSPS) is 12.7. The standard InChI is InChI=1S/C11H13N3O4/c1-2-18-8(10(15)16)7-14-11(17)13-6-4-3-5-9(13)12-14/h3-6,8H,2,7H2,1H3,(H,15,16). The van der Waals surface area contributed by atoms with E-state index in [0.29, 0.717) is 5.65 Å². The molecule has 1 atom stereocenters. The Bertz CT molecular complexity index is 616. The van der Waals surface area contributed by atoms with Crippen molar-refractivity contribution in [2.75, 3.05) is 6.61 Å². The summed E-state index contributed by atoms with van der Waals surface area (Å²) in [5, 5.41) is 13.0. The second-order valence-corrected chi connectivity index (χ2v) is 3.68. The van der Waals surface area contributed by atoms with Crippen molar-refractivity contribution in [1.29, 1.82) is 0 Å².